The van der Waals surface area contributed by atoms with Crippen molar-refractivity contribution in [3.8, 4) is 0 Å². The fourth-order valence-electron chi connectivity index (χ4n) is 3.64. The fraction of sp³-hybridized carbons (Fsp3) is 0.579. The summed E-state index contributed by atoms with van der Waals surface area (Å²) >= 11 is 0. The lowest BCUT2D eigenvalue weighted by Gasteiger charge is -2.26. The van der Waals surface area contributed by atoms with Crippen molar-refractivity contribution < 1.29 is 14.3 Å². The third-order valence-corrected chi connectivity index (χ3v) is 4.95. The molecular formula is C19H27N3O3. The van der Waals surface area contributed by atoms with Crippen molar-refractivity contribution in [1.82, 2.24) is 5.32 Å². The molecule has 136 valence electrons. The zero-order valence-corrected chi connectivity index (χ0v) is 15.0. The number of hydrogen-bond donors (Lipinski definition) is 2. The maximum atomic E-state index is 12.2. The van der Waals surface area contributed by atoms with E-state index in [2.05, 4.69) is 17.6 Å². The first-order valence-corrected chi connectivity index (χ1v) is 9.11. The van der Waals surface area contributed by atoms with Crippen LogP contribution in [0.5, 0.6) is 0 Å². The minimum atomic E-state index is -0.158. The van der Waals surface area contributed by atoms with Gasteiger partial charge in [-0.3, -0.25) is 9.69 Å². The number of rotatable bonds is 5. The Bertz CT molecular complexity index is 634. The molecule has 1 saturated heterocycles. The largest absolute Gasteiger partial charge is 0.368 e. The molecule has 1 aliphatic carbocycles. The number of ether oxygens (including phenoxy) is 1. The number of carbonyl (C=O) groups excluding carboxylic acids is 2. The summed E-state index contributed by atoms with van der Waals surface area (Å²) in [4.78, 5) is 25.8. The molecule has 2 N–H and O–H groups in total. The molecule has 2 aliphatic rings. The van der Waals surface area contributed by atoms with E-state index in [1.165, 1.54) is 12.8 Å². The molecule has 1 aromatic carbocycles. The lowest BCUT2D eigenvalue weighted by Crippen LogP contribution is -2.32. The normalized spacial score (nSPS) is 26.4. The first-order chi connectivity index (χ1) is 12.0. The highest BCUT2D eigenvalue weighted by Crippen LogP contribution is 2.26. The molecule has 0 aromatic heterocycles. The molecule has 1 saturated carbocycles. The van der Waals surface area contributed by atoms with Gasteiger partial charge in [0, 0.05) is 17.9 Å². The maximum Gasteiger partial charge on any atom is 0.322 e. The topological polar surface area (TPSA) is 70.7 Å². The van der Waals surface area contributed by atoms with Crippen molar-refractivity contribution >= 4 is 23.3 Å². The van der Waals surface area contributed by atoms with Crippen LogP contribution >= 0.6 is 0 Å². The van der Waals surface area contributed by atoms with E-state index in [-0.39, 0.29) is 30.7 Å². The first-order valence-electron chi connectivity index (χ1n) is 9.11. The summed E-state index contributed by atoms with van der Waals surface area (Å²) in [7, 11) is 0. The van der Waals surface area contributed by atoms with E-state index >= 15 is 0 Å². The molecule has 1 aromatic rings. The molecule has 3 rings (SSSR count). The van der Waals surface area contributed by atoms with Gasteiger partial charge in [0.2, 0.25) is 5.91 Å². The predicted molar refractivity (Wildman–Crippen MR) is 97.8 cm³/mol. The summed E-state index contributed by atoms with van der Waals surface area (Å²) in [5.74, 6) is 0.515. The fourth-order valence-corrected chi connectivity index (χ4v) is 3.64. The summed E-state index contributed by atoms with van der Waals surface area (Å²) in [5, 5.41) is 5.68. The molecular weight excluding hydrogens is 318 g/mol. The minimum Gasteiger partial charge on any atom is -0.368 e. The Morgan fingerprint density at radius 1 is 1.36 bits per heavy atom. The third-order valence-electron chi connectivity index (χ3n) is 4.95. The van der Waals surface area contributed by atoms with Crippen molar-refractivity contribution in [1.29, 1.82) is 0 Å². The van der Waals surface area contributed by atoms with Gasteiger partial charge in [0.1, 0.15) is 6.61 Å². The van der Waals surface area contributed by atoms with Crippen LogP contribution < -0.4 is 15.5 Å². The van der Waals surface area contributed by atoms with Crippen LogP contribution in [0.15, 0.2) is 24.3 Å². The van der Waals surface area contributed by atoms with E-state index in [1.807, 2.05) is 31.2 Å². The molecule has 0 radical (unpaired) electrons. The van der Waals surface area contributed by atoms with Crippen LogP contribution in [-0.4, -0.2) is 37.2 Å². The molecule has 1 heterocycles. The molecule has 25 heavy (non-hydrogen) atoms. The number of nitrogens with zero attached hydrogens (tertiary/aromatic N) is 1. The van der Waals surface area contributed by atoms with Crippen LogP contribution in [0.1, 0.15) is 39.5 Å². The Labute approximate surface area is 148 Å². The second-order valence-corrected chi connectivity index (χ2v) is 7.21. The molecule has 0 unspecified atom stereocenters. The van der Waals surface area contributed by atoms with Crippen LogP contribution in [0.25, 0.3) is 0 Å². The Hall–Kier alpha value is -2.08. The van der Waals surface area contributed by atoms with E-state index in [0.717, 1.165) is 18.5 Å². The average Bonchev–Trinajstić information content (AvgIpc) is 2.92. The Morgan fingerprint density at radius 2 is 2.20 bits per heavy atom. The third kappa shape index (κ3) is 4.51. The monoisotopic (exact) mass is 345 g/mol. The van der Waals surface area contributed by atoms with Crippen LogP contribution in [0.3, 0.4) is 0 Å². The van der Waals surface area contributed by atoms with Crippen molar-refractivity contribution in [2.24, 2.45) is 5.92 Å². The van der Waals surface area contributed by atoms with Crippen LogP contribution in [0, 0.1) is 5.92 Å². The number of benzene rings is 1. The minimum absolute atomic E-state index is 0.0716. The second kappa shape index (κ2) is 7.87. The van der Waals surface area contributed by atoms with E-state index in [0.29, 0.717) is 18.2 Å². The van der Waals surface area contributed by atoms with Crippen molar-refractivity contribution in [3.05, 3.63) is 24.3 Å². The molecule has 2 fully saturated rings. The molecule has 1 aliphatic heterocycles. The van der Waals surface area contributed by atoms with E-state index in [9.17, 15) is 9.59 Å². The number of urea groups is 1. The highest BCUT2D eigenvalue weighted by molar-refractivity contribution is 5.97. The number of amides is 3. The lowest BCUT2D eigenvalue weighted by molar-refractivity contribution is -0.123. The molecule has 6 nitrogen and oxygen atoms in total. The standard InChI is InChI=1S/C19H27N3O3/c1-13-5-3-8-17(9-13)25-12-18(23)21-15-6-4-7-16(10-15)22-14(2)11-20-19(22)24/h4,6-7,10,13-14,17H,3,5,8-9,11-12H2,1-2H3,(H,20,24)(H,21,23)/t13-,14-,17+/m1/s1. The Balaban J connectivity index is 1.55. The predicted octanol–water partition coefficient (Wildman–Crippen LogP) is 3.14. The highest BCUT2D eigenvalue weighted by atomic mass is 16.5. The van der Waals surface area contributed by atoms with E-state index < -0.39 is 0 Å². The molecule has 0 spiro atoms. The highest BCUT2D eigenvalue weighted by Gasteiger charge is 2.28. The van der Waals surface area contributed by atoms with Gasteiger partial charge in [0.15, 0.2) is 0 Å². The van der Waals surface area contributed by atoms with Gasteiger partial charge in [-0.1, -0.05) is 25.8 Å². The van der Waals surface area contributed by atoms with Crippen molar-refractivity contribution in [2.75, 3.05) is 23.4 Å². The van der Waals surface area contributed by atoms with Crippen molar-refractivity contribution in [2.45, 2.75) is 51.7 Å². The lowest BCUT2D eigenvalue weighted by atomic mass is 9.89. The van der Waals surface area contributed by atoms with Crippen LogP contribution in [0.2, 0.25) is 0 Å². The van der Waals surface area contributed by atoms with Crippen molar-refractivity contribution in [3.63, 3.8) is 0 Å². The zero-order chi connectivity index (χ0) is 17.8. The van der Waals surface area contributed by atoms with Gasteiger partial charge in [-0.2, -0.15) is 0 Å². The summed E-state index contributed by atoms with van der Waals surface area (Å²) < 4.78 is 5.76. The van der Waals surface area contributed by atoms with Gasteiger partial charge < -0.3 is 15.4 Å². The number of hydrogen-bond acceptors (Lipinski definition) is 3. The van der Waals surface area contributed by atoms with E-state index in [4.69, 9.17) is 4.74 Å². The summed E-state index contributed by atoms with van der Waals surface area (Å²) in [5.41, 5.74) is 1.46. The molecule has 3 amide bonds. The quantitative estimate of drug-likeness (QED) is 0.861. The number of anilines is 2. The van der Waals surface area contributed by atoms with E-state index in [1.54, 1.807) is 4.90 Å². The maximum absolute atomic E-state index is 12.2. The van der Waals surface area contributed by atoms with Gasteiger partial charge in [0.25, 0.3) is 0 Å². The number of nitrogens with one attached hydrogen (secondary N) is 2. The van der Waals surface area contributed by atoms with Crippen LogP contribution in [-0.2, 0) is 9.53 Å². The molecule has 3 atom stereocenters. The van der Waals surface area contributed by atoms with Gasteiger partial charge in [0.05, 0.1) is 12.1 Å². The van der Waals surface area contributed by atoms with Gasteiger partial charge in [-0.15, -0.1) is 0 Å². The number of carbonyl (C=O) groups is 2. The first kappa shape index (κ1) is 17.7. The van der Waals surface area contributed by atoms with Gasteiger partial charge >= 0.3 is 6.03 Å². The van der Waals surface area contributed by atoms with Crippen LogP contribution in [0.4, 0.5) is 16.2 Å². The molecule has 0 bridgehead atoms. The summed E-state index contributed by atoms with van der Waals surface area (Å²) in [6.45, 7) is 4.92. The Kier molecular flexibility index (Phi) is 5.58. The average molecular weight is 345 g/mol. The van der Waals surface area contributed by atoms with Gasteiger partial charge in [-0.25, -0.2) is 4.79 Å². The molecule has 6 heteroatoms. The second-order valence-electron chi connectivity index (χ2n) is 7.21. The zero-order valence-electron chi connectivity index (χ0n) is 15.0. The summed E-state index contributed by atoms with van der Waals surface area (Å²) in [6, 6.07) is 7.34. The summed E-state index contributed by atoms with van der Waals surface area (Å²) in [6.07, 6.45) is 4.68. The smallest absolute Gasteiger partial charge is 0.322 e. The SMILES string of the molecule is C[C@@H]1CCC[C@H](OCC(=O)Nc2cccc(N3C(=O)NC[C@H]3C)c2)C1. The van der Waals surface area contributed by atoms with Gasteiger partial charge in [-0.05, 0) is 43.9 Å². The Morgan fingerprint density at radius 3 is 2.92 bits per heavy atom.